The Balaban J connectivity index is -0.000000195. The Morgan fingerprint density at radius 1 is 0.182 bits per heavy atom. The third-order valence-electron chi connectivity index (χ3n) is 22.0. The Morgan fingerprint density at radius 3 is 0.388 bits per heavy atom. The van der Waals surface area contributed by atoms with E-state index in [1.54, 1.807) is 0 Å². The fourth-order valence-corrected chi connectivity index (χ4v) is 14.8. The molecule has 0 heterocycles. The van der Waals surface area contributed by atoms with Crippen molar-refractivity contribution in [3.63, 3.8) is 0 Å². The molecule has 716 valence electrons. The number of rotatable bonds is 92. The summed E-state index contributed by atoms with van der Waals surface area (Å²) in [5, 5.41) is 0. The molecule has 0 aliphatic rings. The fourth-order valence-electron chi connectivity index (χ4n) is 14.5. The Hall–Kier alpha value is 0.187. The van der Waals surface area contributed by atoms with E-state index in [1.807, 2.05) is 0 Å². The van der Waals surface area contributed by atoms with Crippen LogP contribution in [0.4, 0.5) is 0 Å². The van der Waals surface area contributed by atoms with Gasteiger partial charge in [0, 0.05) is 25.7 Å². The molecular formula is C106H206O8S5Sn2. The number of ether oxygens (including phenoxy) is 4. The summed E-state index contributed by atoms with van der Waals surface area (Å²) in [6, 6.07) is 0. The van der Waals surface area contributed by atoms with E-state index < -0.39 is 0 Å². The van der Waals surface area contributed by atoms with Gasteiger partial charge in [0.2, 0.25) is 0 Å². The number of allylic oxidation sites excluding steroid dienone is 8. The second kappa shape index (κ2) is 136. The van der Waals surface area contributed by atoms with Crippen molar-refractivity contribution in [1.29, 1.82) is 0 Å². The van der Waals surface area contributed by atoms with E-state index in [4.69, 9.17) is 69.5 Å². The number of unbranched alkanes of at least 4 members (excludes halogenated alkanes) is 68. The normalized spacial score (nSPS) is 10.9. The van der Waals surface area contributed by atoms with Gasteiger partial charge < -0.3 is 69.5 Å². The molecule has 0 amide bonds. The van der Waals surface area contributed by atoms with Gasteiger partial charge in [-0.2, -0.15) is 13.5 Å². The average Bonchev–Trinajstić information content (AvgIpc) is 1.07. The topological polar surface area (TPSA) is 105 Å². The Labute approximate surface area is 820 Å². The van der Waals surface area contributed by atoms with Crippen LogP contribution in [0.1, 0.15) is 556 Å². The van der Waals surface area contributed by atoms with Crippen molar-refractivity contribution in [3.8, 4) is 0 Å². The summed E-state index contributed by atoms with van der Waals surface area (Å²) < 4.78 is 19.9. The zero-order valence-electron chi connectivity index (χ0n) is 79.2. The van der Waals surface area contributed by atoms with Crippen LogP contribution in [-0.4, -0.2) is 121 Å². The molecule has 0 atom stereocenters. The SMILES string of the molecule is C.C.CCCCCCCCCCCCC/C=C/CCCCCCCCC(=O)OCC[S-].CCCCCCCCCCCCC/C=C/CCCCCCCCC(=O)OCC[S-].CCCCCCCCCCCCC/C=C/CCCCCCCCC(=O)OCC[S-].CCCCCCCCCCCCC/C=C/CCCCCCCCC(=O)OCC[S-].S.[Sn+2].[Sn+2]. The molecule has 0 bridgehead atoms. The smallest absolute Gasteiger partial charge is 0.789 e. The molecule has 121 heavy (non-hydrogen) atoms. The van der Waals surface area contributed by atoms with E-state index in [-0.39, 0.29) is 100 Å². The summed E-state index contributed by atoms with van der Waals surface area (Å²) in [6.07, 6.45) is 123. The molecule has 8 nitrogen and oxygen atoms in total. The standard InChI is InChI=1S/4C26H50O2S.2CH4.H2S.2Sn/c4*1-2-3-4-5-6-7-8-9-10-11-12-13-14-15-16-17-18-19-20-21-22-23-26(27)28-24-25-29;;;;;/h4*14-15,29H,2-13,16-25H2,1H3;2*1H4;1H2;;/q;;;;;;;2*+2/p-4/b4*15-14+;;;;;. The van der Waals surface area contributed by atoms with Crippen molar-refractivity contribution in [2.45, 2.75) is 556 Å². The van der Waals surface area contributed by atoms with Gasteiger partial charge in [0.1, 0.15) is 0 Å². The first kappa shape index (κ1) is 139. The van der Waals surface area contributed by atoms with Gasteiger partial charge in [-0.05, 0) is 128 Å². The average molecular weight is 2010 g/mol. The summed E-state index contributed by atoms with van der Waals surface area (Å²) in [5.74, 6) is 1.66. The molecule has 0 aromatic rings. The van der Waals surface area contributed by atoms with Crippen LogP contribution in [0.3, 0.4) is 0 Å². The Kier molecular flexibility index (Phi) is 156. The molecule has 0 fully saturated rings. The van der Waals surface area contributed by atoms with Crippen LogP contribution in [0.25, 0.3) is 0 Å². The monoisotopic (exact) mass is 2010 g/mol. The van der Waals surface area contributed by atoms with Gasteiger partial charge >= 0.3 is 71.7 Å². The third kappa shape index (κ3) is 143. The van der Waals surface area contributed by atoms with Crippen molar-refractivity contribution in [2.24, 2.45) is 0 Å². The van der Waals surface area contributed by atoms with Crippen LogP contribution in [-0.2, 0) is 88.6 Å². The first-order chi connectivity index (χ1) is 57.2. The zero-order valence-corrected chi connectivity index (χ0v) is 89.2. The van der Waals surface area contributed by atoms with Gasteiger partial charge in [0.05, 0.1) is 26.4 Å². The molecule has 0 spiro atoms. The molecule has 4 radical (unpaired) electrons. The minimum Gasteiger partial charge on any atom is -0.789 e. The van der Waals surface area contributed by atoms with Gasteiger partial charge in [-0.15, -0.1) is 23.0 Å². The van der Waals surface area contributed by atoms with Crippen molar-refractivity contribution >= 4 is 136 Å². The maximum atomic E-state index is 11.3. The maximum Gasteiger partial charge on any atom is 2.00 e. The molecule has 0 saturated carbocycles. The van der Waals surface area contributed by atoms with Crippen LogP contribution in [0.2, 0.25) is 0 Å². The van der Waals surface area contributed by atoms with E-state index in [2.05, 4.69) is 76.3 Å². The third-order valence-corrected chi connectivity index (χ3v) is 22.6. The first-order valence-electron chi connectivity index (χ1n) is 50.8. The maximum absolute atomic E-state index is 11.3. The van der Waals surface area contributed by atoms with Gasteiger partial charge in [0.25, 0.3) is 0 Å². The predicted molar refractivity (Wildman–Crippen MR) is 557 cm³/mol. The summed E-state index contributed by atoms with van der Waals surface area (Å²) in [6.45, 7) is 10.7. The molecule has 0 aliphatic heterocycles. The van der Waals surface area contributed by atoms with Crippen LogP contribution in [0.15, 0.2) is 48.6 Å². The largest absolute Gasteiger partial charge is 2.00 e. The molecule has 15 heteroatoms. The van der Waals surface area contributed by atoms with Crippen LogP contribution in [0.5, 0.6) is 0 Å². The van der Waals surface area contributed by atoms with Crippen molar-refractivity contribution < 1.29 is 38.1 Å². The van der Waals surface area contributed by atoms with Crippen molar-refractivity contribution in [1.82, 2.24) is 0 Å². The molecule has 0 aliphatic carbocycles. The number of esters is 4. The van der Waals surface area contributed by atoms with Gasteiger partial charge in [-0.25, -0.2) is 0 Å². The second-order valence-electron chi connectivity index (χ2n) is 33.5. The van der Waals surface area contributed by atoms with Crippen LogP contribution in [0, 0.1) is 0 Å². The minimum atomic E-state index is -0.0854. The van der Waals surface area contributed by atoms with Crippen LogP contribution >= 0.6 is 13.5 Å². The first-order valence-corrected chi connectivity index (χ1v) is 53.1. The number of carbonyl (C=O) groups excluding carboxylic acids is 4. The predicted octanol–water partition coefficient (Wildman–Crippen LogP) is 34.4. The number of hydrogen-bond acceptors (Lipinski definition) is 12. The minimum absolute atomic E-state index is 0. The molecule has 0 rings (SSSR count). The fraction of sp³-hybridized carbons (Fsp3) is 0.887. The van der Waals surface area contributed by atoms with E-state index in [1.165, 1.54) is 437 Å². The van der Waals surface area contributed by atoms with Crippen LogP contribution < -0.4 is 0 Å². The number of carbonyl (C=O) groups is 4. The second-order valence-corrected chi connectivity index (χ2v) is 35.2. The van der Waals surface area contributed by atoms with E-state index >= 15 is 0 Å². The molecule has 0 aromatic heterocycles. The summed E-state index contributed by atoms with van der Waals surface area (Å²) in [7, 11) is 0. The van der Waals surface area contributed by atoms with Gasteiger partial charge in [0.15, 0.2) is 0 Å². The zero-order chi connectivity index (χ0) is 85.0. The van der Waals surface area contributed by atoms with Gasteiger partial charge in [-0.1, -0.05) is 451 Å². The molecular weight excluding hydrogens is 1800 g/mol. The summed E-state index contributed by atoms with van der Waals surface area (Å²) in [4.78, 5) is 45.3. The molecule has 0 aromatic carbocycles. The number of hydrogen-bond donors (Lipinski definition) is 0. The van der Waals surface area contributed by atoms with E-state index in [0.29, 0.717) is 75.1 Å². The van der Waals surface area contributed by atoms with Crippen molar-refractivity contribution in [3.05, 3.63) is 48.6 Å². The molecule has 0 N–H and O–H groups in total. The molecule has 0 saturated heterocycles. The van der Waals surface area contributed by atoms with E-state index in [9.17, 15) is 19.2 Å². The Morgan fingerprint density at radius 2 is 0.281 bits per heavy atom. The Bertz CT molecular complexity index is 1710. The molecule has 0 unspecified atom stereocenters. The van der Waals surface area contributed by atoms with Gasteiger partial charge in [-0.3, -0.25) is 19.2 Å². The van der Waals surface area contributed by atoms with Crippen molar-refractivity contribution in [2.75, 3.05) is 49.4 Å². The summed E-state index contributed by atoms with van der Waals surface area (Å²) in [5.41, 5.74) is 0. The summed E-state index contributed by atoms with van der Waals surface area (Å²) >= 11 is 19.0. The quantitative estimate of drug-likeness (QED) is 0.0145. The van der Waals surface area contributed by atoms with E-state index in [0.717, 1.165) is 51.4 Å².